The molecule has 0 unspecified atom stereocenters. The van der Waals surface area contributed by atoms with Gasteiger partial charge in [-0.25, -0.2) is 0 Å². The molecule has 0 bridgehead atoms. The van der Waals surface area contributed by atoms with Gasteiger partial charge in [0, 0.05) is 12.5 Å². The first kappa shape index (κ1) is 14.5. The molecule has 1 fully saturated rings. The van der Waals surface area contributed by atoms with Gasteiger partial charge in [0.05, 0.1) is 13.2 Å². The lowest BCUT2D eigenvalue weighted by atomic mass is 10.2. The van der Waals surface area contributed by atoms with Crippen molar-refractivity contribution >= 4 is 5.97 Å². The van der Waals surface area contributed by atoms with Gasteiger partial charge in [-0.3, -0.25) is 9.69 Å². The number of aliphatic hydroxyl groups is 1. The van der Waals surface area contributed by atoms with Gasteiger partial charge in [-0.2, -0.15) is 0 Å². The topological polar surface area (TPSA) is 49.8 Å². The number of carbonyl (C=O) groups is 1. The molecule has 1 heterocycles. The second-order valence-corrected chi connectivity index (χ2v) is 4.63. The summed E-state index contributed by atoms with van der Waals surface area (Å²) >= 11 is 0. The summed E-state index contributed by atoms with van der Waals surface area (Å²) < 4.78 is 4.87. The number of nitrogens with zero attached hydrogens (tertiary/aromatic N) is 1. The van der Waals surface area contributed by atoms with Crippen LogP contribution in [0.1, 0.15) is 45.4 Å². The molecule has 17 heavy (non-hydrogen) atoms. The molecule has 0 amide bonds. The van der Waals surface area contributed by atoms with Crippen molar-refractivity contribution in [2.45, 2.75) is 51.5 Å². The minimum atomic E-state index is -0.0816. The quantitative estimate of drug-likeness (QED) is 0.519. The zero-order valence-electron chi connectivity index (χ0n) is 10.9. The van der Waals surface area contributed by atoms with Gasteiger partial charge < -0.3 is 9.84 Å². The number of aliphatic hydroxyl groups excluding tert-OH is 1. The molecule has 0 aromatic rings. The highest BCUT2D eigenvalue weighted by Gasteiger charge is 2.22. The minimum absolute atomic E-state index is 0.0816. The smallest absolute Gasteiger partial charge is 0.305 e. The molecule has 0 spiro atoms. The van der Waals surface area contributed by atoms with Crippen LogP contribution in [0.2, 0.25) is 0 Å². The van der Waals surface area contributed by atoms with E-state index in [4.69, 9.17) is 9.84 Å². The molecule has 0 radical (unpaired) electrons. The third-order valence-corrected chi connectivity index (χ3v) is 3.34. The predicted octanol–water partition coefficient (Wildman–Crippen LogP) is 1.57. The Hall–Kier alpha value is -0.610. The maximum Gasteiger partial charge on any atom is 0.305 e. The van der Waals surface area contributed by atoms with Crippen LogP contribution in [0.3, 0.4) is 0 Å². The van der Waals surface area contributed by atoms with E-state index < -0.39 is 0 Å². The Bertz CT molecular complexity index is 221. The second-order valence-electron chi connectivity index (χ2n) is 4.63. The highest BCUT2D eigenvalue weighted by atomic mass is 16.5. The lowest BCUT2D eigenvalue weighted by molar-refractivity contribution is -0.143. The molecule has 0 aliphatic carbocycles. The zero-order chi connectivity index (χ0) is 12.5. The molecule has 1 atom stereocenters. The van der Waals surface area contributed by atoms with Crippen molar-refractivity contribution in [3.63, 3.8) is 0 Å². The van der Waals surface area contributed by atoms with Gasteiger partial charge in [-0.1, -0.05) is 6.42 Å². The molecule has 0 aromatic carbocycles. The Morgan fingerprint density at radius 3 is 2.94 bits per heavy atom. The van der Waals surface area contributed by atoms with E-state index in [1.54, 1.807) is 0 Å². The Morgan fingerprint density at radius 1 is 1.41 bits per heavy atom. The number of ether oxygens (including phenoxy) is 1. The van der Waals surface area contributed by atoms with Gasteiger partial charge in [0.25, 0.3) is 0 Å². The maximum atomic E-state index is 11.1. The maximum absolute atomic E-state index is 11.1. The zero-order valence-corrected chi connectivity index (χ0v) is 10.9. The number of likely N-dealkylation sites (tertiary alicyclic amines) is 1. The van der Waals surface area contributed by atoms with Crippen LogP contribution in [0.5, 0.6) is 0 Å². The predicted molar refractivity (Wildman–Crippen MR) is 66.8 cm³/mol. The number of unbranched alkanes of at least 4 members (excludes halogenated alkanes) is 2. The average Bonchev–Trinajstić information content (AvgIpc) is 2.76. The van der Waals surface area contributed by atoms with Crippen molar-refractivity contribution in [3.8, 4) is 0 Å². The van der Waals surface area contributed by atoms with Crippen molar-refractivity contribution in [1.29, 1.82) is 0 Å². The first-order valence-electron chi connectivity index (χ1n) is 6.78. The lowest BCUT2D eigenvalue weighted by Gasteiger charge is -2.22. The summed E-state index contributed by atoms with van der Waals surface area (Å²) in [6.07, 6.45) is 5.95. The van der Waals surface area contributed by atoms with E-state index >= 15 is 0 Å². The summed E-state index contributed by atoms with van der Waals surface area (Å²) in [6.45, 7) is 4.76. The Balaban J connectivity index is 1.98. The average molecular weight is 243 g/mol. The molecular formula is C13H25NO3. The molecule has 4 heteroatoms. The van der Waals surface area contributed by atoms with Crippen molar-refractivity contribution in [2.24, 2.45) is 0 Å². The van der Waals surface area contributed by atoms with Crippen molar-refractivity contribution in [2.75, 3.05) is 26.3 Å². The fourth-order valence-electron chi connectivity index (χ4n) is 2.39. The van der Waals surface area contributed by atoms with Crippen molar-refractivity contribution in [1.82, 2.24) is 4.90 Å². The third kappa shape index (κ3) is 5.50. The normalized spacial score (nSPS) is 20.7. The highest BCUT2D eigenvalue weighted by Crippen LogP contribution is 2.17. The number of carbonyl (C=O) groups excluding carboxylic acids is 1. The van der Waals surface area contributed by atoms with Crippen LogP contribution in [-0.2, 0) is 9.53 Å². The summed E-state index contributed by atoms with van der Waals surface area (Å²) in [5.41, 5.74) is 0. The van der Waals surface area contributed by atoms with Crippen LogP contribution in [0.4, 0.5) is 0 Å². The molecule has 1 aliphatic rings. The minimum Gasteiger partial charge on any atom is -0.466 e. The Morgan fingerprint density at radius 2 is 2.24 bits per heavy atom. The SMILES string of the molecule is CCOC(=O)CCCCCN1CCC[C@H]1CO. The molecule has 1 saturated heterocycles. The van der Waals surface area contributed by atoms with Gasteiger partial charge in [-0.15, -0.1) is 0 Å². The van der Waals surface area contributed by atoms with Crippen LogP contribution in [-0.4, -0.2) is 48.3 Å². The fraction of sp³-hybridized carbons (Fsp3) is 0.923. The van der Waals surface area contributed by atoms with Crippen LogP contribution < -0.4 is 0 Å². The summed E-state index contributed by atoms with van der Waals surface area (Å²) in [7, 11) is 0. The van der Waals surface area contributed by atoms with E-state index in [2.05, 4.69) is 4.90 Å². The van der Waals surface area contributed by atoms with Crippen molar-refractivity contribution in [3.05, 3.63) is 0 Å². The van der Waals surface area contributed by atoms with Gasteiger partial charge in [0.2, 0.25) is 0 Å². The highest BCUT2D eigenvalue weighted by molar-refractivity contribution is 5.69. The Labute approximate surface area is 104 Å². The van der Waals surface area contributed by atoms with Crippen LogP contribution in [0.15, 0.2) is 0 Å². The van der Waals surface area contributed by atoms with Gasteiger partial charge in [-0.05, 0) is 45.7 Å². The summed E-state index contributed by atoms with van der Waals surface area (Å²) in [4.78, 5) is 13.5. The summed E-state index contributed by atoms with van der Waals surface area (Å²) in [6, 6.07) is 0.375. The second kappa shape index (κ2) is 8.48. The first-order valence-corrected chi connectivity index (χ1v) is 6.78. The summed E-state index contributed by atoms with van der Waals surface area (Å²) in [5.74, 6) is -0.0816. The first-order chi connectivity index (χ1) is 8.27. The van der Waals surface area contributed by atoms with Crippen LogP contribution in [0.25, 0.3) is 0 Å². The van der Waals surface area contributed by atoms with Crippen LogP contribution >= 0.6 is 0 Å². The lowest BCUT2D eigenvalue weighted by Crippen LogP contribution is -2.32. The van der Waals surface area contributed by atoms with Crippen LogP contribution in [0, 0.1) is 0 Å². The standard InChI is InChI=1S/C13H25NO3/c1-2-17-13(16)8-4-3-5-9-14-10-6-7-12(14)11-15/h12,15H,2-11H2,1H3/t12-/m0/s1. The fourth-order valence-corrected chi connectivity index (χ4v) is 2.39. The van der Waals surface area contributed by atoms with Gasteiger partial charge in [0.1, 0.15) is 0 Å². The number of esters is 1. The van der Waals surface area contributed by atoms with Gasteiger partial charge in [0.15, 0.2) is 0 Å². The van der Waals surface area contributed by atoms with E-state index in [-0.39, 0.29) is 12.6 Å². The number of hydrogen-bond acceptors (Lipinski definition) is 4. The molecule has 1 N–H and O–H groups in total. The van der Waals surface area contributed by atoms with Crippen molar-refractivity contribution < 1.29 is 14.6 Å². The molecule has 100 valence electrons. The largest absolute Gasteiger partial charge is 0.466 e. The van der Waals surface area contributed by atoms with E-state index in [0.717, 1.165) is 38.8 Å². The van der Waals surface area contributed by atoms with E-state index in [9.17, 15) is 4.79 Å². The molecule has 1 aliphatic heterocycles. The van der Waals surface area contributed by atoms with E-state index in [1.165, 1.54) is 6.42 Å². The van der Waals surface area contributed by atoms with Gasteiger partial charge >= 0.3 is 5.97 Å². The molecule has 0 saturated carbocycles. The number of hydrogen-bond donors (Lipinski definition) is 1. The third-order valence-electron chi connectivity index (χ3n) is 3.34. The molecule has 4 nitrogen and oxygen atoms in total. The molecular weight excluding hydrogens is 218 g/mol. The number of rotatable bonds is 8. The Kier molecular flexibility index (Phi) is 7.21. The molecule has 1 rings (SSSR count). The van der Waals surface area contributed by atoms with E-state index in [0.29, 0.717) is 19.1 Å². The molecule has 0 aromatic heterocycles. The monoisotopic (exact) mass is 243 g/mol. The summed E-state index contributed by atoms with van der Waals surface area (Å²) in [5, 5.41) is 9.17. The van der Waals surface area contributed by atoms with E-state index in [1.807, 2.05) is 6.92 Å².